The molecule has 1 heterocycles. The number of sulfonamides is 1. The van der Waals surface area contributed by atoms with Crippen molar-refractivity contribution in [1.29, 1.82) is 0 Å². The molecule has 1 aromatic heterocycles. The van der Waals surface area contributed by atoms with Gasteiger partial charge in [-0.05, 0) is 43.0 Å². The summed E-state index contributed by atoms with van der Waals surface area (Å²) in [6, 6.07) is 8.78. The van der Waals surface area contributed by atoms with E-state index in [9.17, 15) is 22.8 Å². The molecule has 3 amide bonds. The molecular formula is C25H32N4O7S. The largest absolute Gasteiger partial charge is 0.414 e. The van der Waals surface area contributed by atoms with Gasteiger partial charge in [0.1, 0.15) is 0 Å². The average Bonchev–Trinajstić information content (AvgIpc) is 2.89. The lowest BCUT2D eigenvalue weighted by Gasteiger charge is -2.20. The molecule has 0 atom stereocenters. The van der Waals surface area contributed by atoms with Crippen molar-refractivity contribution in [2.45, 2.75) is 43.4 Å². The van der Waals surface area contributed by atoms with Crippen molar-refractivity contribution in [1.82, 2.24) is 20.3 Å². The third kappa shape index (κ3) is 8.83. The summed E-state index contributed by atoms with van der Waals surface area (Å²) >= 11 is 0. The minimum atomic E-state index is -4.15. The highest BCUT2D eigenvalue weighted by Gasteiger charge is 2.21. The van der Waals surface area contributed by atoms with Crippen LogP contribution >= 0.6 is 0 Å². The predicted octanol–water partition coefficient (Wildman–Crippen LogP) is 2.17. The molecule has 2 aromatic rings. The van der Waals surface area contributed by atoms with E-state index < -0.39 is 22.0 Å². The van der Waals surface area contributed by atoms with Gasteiger partial charge in [-0.3, -0.25) is 9.59 Å². The van der Waals surface area contributed by atoms with Gasteiger partial charge in [0.2, 0.25) is 11.8 Å². The van der Waals surface area contributed by atoms with Crippen molar-refractivity contribution in [3.63, 3.8) is 0 Å². The first-order valence-electron chi connectivity index (χ1n) is 12.1. The summed E-state index contributed by atoms with van der Waals surface area (Å²) in [4.78, 5) is 40.2. The lowest BCUT2D eigenvalue weighted by molar-refractivity contribution is -0.125. The van der Waals surface area contributed by atoms with E-state index in [-0.39, 0.29) is 34.7 Å². The van der Waals surface area contributed by atoms with E-state index >= 15 is 0 Å². The van der Waals surface area contributed by atoms with Gasteiger partial charge < -0.3 is 20.1 Å². The molecule has 3 N–H and O–H groups in total. The fraction of sp³-hybridized carbons (Fsp3) is 0.440. The lowest BCUT2D eigenvalue weighted by Crippen LogP contribution is -2.33. The van der Waals surface area contributed by atoms with Crippen LogP contribution in [0.2, 0.25) is 0 Å². The third-order valence-electron chi connectivity index (χ3n) is 5.90. The molecule has 1 fully saturated rings. The number of hydrogen-bond donors (Lipinski definition) is 3. The van der Waals surface area contributed by atoms with E-state index in [4.69, 9.17) is 9.47 Å². The van der Waals surface area contributed by atoms with Crippen LogP contribution in [0.4, 0.5) is 4.79 Å². The number of amides is 3. The van der Waals surface area contributed by atoms with Crippen LogP contribution in [0, 0.1) is 5.92 Å². The first-order valence-corrected chi connectivity index (χ1v) is 13.6. The van der Waals surface area contributed by atoms with Gasteiger partial charge in [0.05, 0.1) is 17.1 Å². The van der Waals surface area contributed by atoms with Crippen molar-refractivity contribution >= 4 is 27.9 Å². The Balaban J connectivity index is 1.53. The van der Waals surface area contributed by atoms with E-state index in [2.05, 4.69) is 15.6 Å². The zero-order valence-electron chi connectivity index (χ0n) is 20.7. The van der Waals surface area contributed by atoms with Gasteiger partial charge in [0.25, 0.3) is 15.9 Å². The quantitative estimate of drug-likeness (QED) is 0.372. The number of rotatable bonds is 11. The first-order chi connectivity index (χ1) is 17.8. The molecule has 0 spiro atoms. The van der Waals surface area contributed by atoms with Crippen molar-refractivity contribution in [3.05, 3.63) is 53.7 Å². The van der Waals surface area contributed by atoms with Crippen molar-refractivity contribution in [2.24, 2.45) is 5.92 Å². The number of nitrogens with zero attached hydrogens (tertiary/aromatic N) is 1. The number of pyridine rings is 1. The first kappa shape index (κ1) is 28.1. The summed E-state index contributed by atoms with van der Waals surface area (Å²) in [5.74, 6) is -0.831. The van der Waals surface area contributed by atoms with Gasteiger partial charge in [-0.15, -0.1) is 0 Å². The average molecular weight is 533 g/mol. The Morgan fingerprint density at radius 1 is 1.03 bits per heavy atom. The minimum Gasteiger partial charge on any atom is -0.391 e. The molecule has 200 valence electrons. The zero-order valence-corrected chi connectivity index (χ0v) is 21.5. The van der Waals surface area contributed by atoms with Crippen molar-refractivity contribution in [2.75, 3.05) is 26.8 Å². The third-order valence-corrected chi connectivity index (χ3v) is 7.22. The Kier molecular flexibility index (Phi) is 10.4. The highest BCUT2D eigenvalue weighted by molar-refractivity contribution is 7.90. The Morgan fingerprint density at radius 2 is 1.81 bits per heavy atom. The fourth-order valence-electron chi connectivity index (χ4n) is 3.91. The number of carbonyl (C=O) groups is 3. The number of carbonyl (C=O) groups excluding carboxylic acids is 3. The molecule has 0 saturated heterocycles. The maximum atomic E-state index is 12.8. The molecule has 1 aromatic carbocycles. The summed E-state index contributed by atoms with van der Waals surface area (Å²) < 4.78 is 37.4. The monoisotopic (exact) mass is 532 g/mol. The number of methoxy groups -OCH3 is 1. The Hall–Kier alpha value is -3.51. The van der Waals surface area contributed by atoms with E-state index in [0.29, 0.717) is 25.1 Å². The van der Waals surface area contributed by atoms with Gasteiger partial charge in [-0.25, -0.2) is 22.9 Å². The summed E-state index contributed by atoms with van der Waals surface area (Å²) in [5, 5.41) is 5.39. The molecule has 12 heteroatoms. The molecule has 0 radical (unpaired) electrons. The Morgan fingerprint density at radius 3 is 2.51 bits per heavy atom. The number of aromatic nitrogens is 1. The summed E-state index contributed by atoms with van der Waals surface area (Å²) in [5.41, 5.74) is 0.684. The molecule has 0 bridgehead atoms. The number of nitrogens with one attached hydrogen (secondary N) is 3. The Bertz CT molecular complexity index is 1180. The van der Waals surface area contributed by atoms with Crippen LogP contribution in [-0.4, -0.2) is 58.1 Å². The zero-order chi connectivity index (χ0) is 26.7. The molecule has 0 aliphatic heterocycles. The standard InChI is InChI=1S/C25H32N4O7S/c1-35-15-14-27-25(32)36-22-11-10-20(17-28-22)24(31)29-37(33,34)21-9-5-6-18(16-21)12-13-26-23(30)19-7-3-2-4-8-19/h5-6,9-11,16-17,19H,2-4,7-8,12-15H2,1H3,(H,26,30)(H,27,32)(H,29,31). The van der Waals surface area contributed by atoms with Crippen LogP contribution in [0.1, 0.15) is 48.0 Å². The van der Waals surface area contributed by atoms with Gasteiger partial charge in [-0.2, -0.15) is 0 Å². The second kappa shape index (κ2) is 13.7. The van der Waals surface area contributed by atoms with Crippen molar-refractivity contribution < 1.29 is 32.3 Å². The Labute approximate surface area is 216 Å². The smallest absolute Gasteiger partial charge is 0.391 e. The fourth-order valence-corrected chi connectivity index (χ4v) is 4.95. The van der Waals surface area contributed by atoms with Crippen LogP contribution in [-0.2, 0) is 26.0 Å². The lowest BCUT2D eigenvalue weighted by atomic mass is 9.88. The summed E-state index contributed by atoms with van der Waals surface area (Å²) in [6.07, 6.45) is 5.97. The van der Waals surface area contributed by atoms with Gasteiger partial charge in [0, 0.05) is 38.4 Å². The number of benzene rings is 1. The maximum Gasteiger partial charge on any atom is 0.414 e. The molecule has 1 aliphatic rings. The molecule has 1 saturated carbocycles. The molecule has 3 rings (SSSR count). The highest BCUT2D eigenvalue weighted by Crippen LogP contribution is 2.23. The van der Waals surface area contributed by atoms with Crippen LogP contribution in [0.5, 0.6) is 5.88 Å². The second-order valence-corrected chi connectivity index (χ2v) is 10.3. The normalized spacial score (nSPS) is 14.0. The highest BCUT2D eigenvalue weighted by atomic mass is 32.2. The van der Waals surface area contributed by atoms with E-state index in [1.807, 2.05) is 4.72 Å². The second-order valence-electron chi connectivity index (χ2n) is 8.65. The molecular weight excluding hydrogens is 500 g/mol. The van der Waals surface area contributed by atoms with Crippen LogP contribution < -0.4 is 20.1 Å². The van der Waals surface area contributed by atoms with Crippen molar-refractivity contribution in [3.8, 4) is 5.88 Å². The summed E-state index contributed by atoms with van der Waals surface area (Å²) in [6.45, 7) is 0.968. The molecule has 11 nitrogen and oxygen atoms in total. The van der Waals surface area contributed by atoms with E-state index in [1.54, 1.807) is 12.1 Å². The number of hydrogen-bond acceptors (Lipinski definition) is 8. The van der Waals surface area contributed by atoms with Gasteiger partial charge in [-0.1, -0.05) is 31.4 Å². The topological polar surface area (TPSA) is 153 Å². The maximum absolute atomic E-state index is 12.8. The molecule has 0 unspecified atom stereocenters. The molecule has 1 aliphatic carbocycles. The predicted molar refractivity (Wildman–Crippen MR) is 135 cm³/mol. The van der Waals surface area contributed by atoms with E-state index in [0.717, 1.165) is 31.9 Å². The van der Waals surface area contributed by atoms with Gasteiger partial charge in [0.15, 0.2) is 0 Å². The number of ether oxygens (including phenoxy) is 2. The summed E-state index contributed by atoms with van der Waals surface area (Å²) in [7, 11) is -2.66. The van der Waals surface area contributed by atoms with E-state index in [1.165, 1.54) is 37.8 Å². The van der Waals surface area contributed by atoms with Crippen LogP contribution in [0.3, 0.4) is 0 Å². The van der Waals surface area contributed by atoms with Crippen LogP contribution in [0.25, 0.3) is 0 Å². The SMILES string of the molecule is COCCNC(=O)Oc1ccc(C(=O)NS(=O)(=O)c2cccc(CCNC(=O)C3CCCCC3)c2)cn1. The van der Waals surface area contributed by atoms with Gasteiger partial charge >= 0.3 is 6.09 Å². The minimum absolute atomic E-state index is 0.0303. The molecule has 37 heavy (non-hydrogen) atoms. The van der Waals surface area contributed by atoms with Crippen LogP contribution in [0.15, 0.2) is 47.5 Å².